The molecule has 0 bridgehead atoms. The molecule has 1 aromatic rings. The molecule has 3 atom stereocenters. The van der Waals surface area contributed by atoms with Gasteiger partial charge >= 0.3 is 0 Å². The fourth-order valence-corrected chi connectivity index (χ4v) is 4.10. The van der Waals surface area contributed by atoms with E-state index in [-0.39, 0.29) is 23.7 Å². The highest BCUT2D eigenvalue weighted by atomic mass is 16.6. The maximum absolute atomic E-state index is 12.9. The monoisotopic (exact) mass is 347 g/mol. The smallest absolute Gasteiger partial charge is 0.254 e. The van der Waals surface area contributed by atoms with E-state index in [2.05, 4.69) is 15.5 Å². The van der Waals surface area contributed by atoms with Gasteiger partial charge in [-0.05, 0) is 40.0 Å². The number of piperidine rings is 1. The number of rotatable bonds is 3. The number of carbonyl (C=O) groups is 2. The molecule has 3 unspecified atom stereocenters. The van der Waals surface area contributed by atoms with Gasteiger partial charge < -0.3 is 19.5 Å². The zero-order chi connectivity index (χ0) is 17.8. The fraction of sp³-hybridized carbons (Fsp3) is 0.765. The number of amides is 2. The first-order chi connectivity index (χ1) is 11.9. The number of nitrogens with zero attached hydrogens (tertiary/aromatic N) is 4. The number of nitrogens with one attached hydrogen (secondary N) is 1. The Labute approximate surface area is 146 Å². The minimum absolute atomic E-state index is 0.0326. The second-order valence-electron chi connectivity index (χ2n) is 7.85. The van der Waals surface area contributed by atoms with Gasteiger partial charge in [0.2, 0.25) is 5.91 Å². The van der Waals surface area contributed by atoms with Crippen LogP contribution in [0, 0.1) is 5.92 Å². The van der Waals surface area contributed by atoms with Crippen LogP contribution in [0.1, 0.15) is 51.8 Å². The molecule has 2 aliphatic heterocycles. The molecule has 3 aliphatic rings. The molecule has 4 rings (SSSR count). The summed E-state index contributed by atoms with van der Waals surface area (Å²) in [7, 11) is 0. The minimum atomic E-state index is -0.842. The molecular formula is C17H25N5O3. The molecule has 3 fully saturated rings. The van der Waals surface area contributed by atoms with Crippen LogP contribution in [0.25, 0.3) is 0 Å². The predicted octanol–water partition coefficient (Wildman–Crippen LogP) is 0.645. The Morgan fingerprint density at radius 2 is 2.28 bits per heavy atom. The van der Waals surface area contributed by atoms with E-state index in [0.717, 1.165) is 31.6 Å². The molecule has 2 amide bonds. The lowest BCUT2D eigenvalue weighted by Gasteiger charge is -2.40. The Balaban J connectivity index is 1.44. The van der Waals surface area contributed by atoms with Gasteiger partial charge in [0.05, 0.1) is 6.54 Å². The van der Waals surface area contributed by atoms with Crippen molar-refractivity contribution in [2.45, 2.75) is 63.8 Å². The molecule has 2 saturated heterocycles. The van der Waals surface area contributed by atoms with Crippen LogP contribution in [0.3, 0.4) is 0 Å². The van der Waals surface area contributed by atoms with Crippen molar-refractivity contribution in [2.75, 3.05) is 13.1 Å². The van der Waals surface area contributed by atoms with Crippen LogP contribution in [-0.2, 0) is 20.9 Å². The van der Waals surface area contributed by atoms with Gasteiger partial charge in [-0.1, -0.05) is 0 Å². The molecule has 136 valence electrons. The number of aryl methyl sites for hydroxylation is 1. The van der Waals surface area contributed by atoms with E-state index >= 15 is 0 Å². The first-order valence-electron chi connectivity index (χ1n) is 9.04. The summed E-state index contributed by atoms with van der Waals surface area (Å²) < 4.78 is 8.02. The molecule has 3 heterocycles. The van der Waals surface area contributed by atoms with E-state index < -0.39 is 11.3 Å². The van der Waals surface area contributed by atoms with E-state index in [1.165, 1.54) is 0 Å². The van der Waals surface area contributed by atoms with Crippen molar-refractivity contribution in [3.63, 3.8) is 0 Å². The summed E-state index contributed by atoms with van der Waals surface area (Å²) in [6.45, 7) is 7.52. The first kappa shape index (κ1) is 16.5. The predicted molar refractivity (Wildman–Crippen MR) is 88.4 cm³/mol. The van der Waals surface area contributed by atoms with E-state index in [1.807, 2.05) is 16.4 Å². The van der Waals surface area contributed by atoms with Gasteiger partial charge in [0, 0.05) is 24.9 Å². The quantitative estimate of drug-likeness (QED) is 0.867. The molecule has 1 aliphatic carbocycles. The Morgan fingerprint density at radius 1 is 1.48 bits per heavy atom. The van der Waals surface area contributed by atoms with Crippen molar-refractivity contribution >= 4 is 11.8 Å². The first-order valence-corrected chi connectivity index (χ1v) is 9.04. The molecule has 8 nitrogen and oxygen atoms in total. The van der Waals surface area contributed by atoms with Crippen molar-refractivity contribution in [1.82, 2.24) is 25.0 Å². The number of hydrogen-bond acceptors (Lipinski definition) is 5. The normalized spacial score (nSPS) is 33.6. The lowest BCUT2D eigenvalue weighted by atomic mass is 10.0. The SMILES string of the molecule is CCn1cnnc1C1CC1C(=O)N1CCCC2(C1)NC(=O)C(C)(C)O2. The van der Waals surface area contributed by atoms with Gasteiger partial charge in [-0.2, -0.15) is 0 Å². The third-order valence-electron chi connectivity index (χ3n) is 5.53. The maximum atomic E-state index is 12.9. The van der Waals surface area contributed by atoms with Gasteiger partial charge in [-0.25, -0.2) is 0 Å². The lowest BCUT2D eigenvalue weighted by Crippen LogP contribution is -2.57. The zero-order valence-corrected chi connectivity index (χ0v) is 15.0. The summed E-state index contributed by atoms with van der Waals surface area (Å²) in [5.41, 5.74) is -1.58. The van der Waals surface area contributed by atoms with E-state index in [9.17, 15) is 9.59 Å². The molecule has 1 N–H and O–H groups in total. The van der Waals surface area contributed by atoms with Crippen molar-refractivity contribution in [2.24, 2.45) is 5.92 Å². The topological polar surface area (TPSA) is 89.4 Å². The van der Waals surface area contributed by atoms with Gasteiger partial charge in [0.1, 0.15) is 17.8 Å². The Kier molecular flexibility index (Phi) is 3.64. The lowest BCUT2D eigenvalue weighted by molar-refractivity contribution is -0.153. The summed E-state index contributed by atoms with van der Waals surface area (Å²) in [4.78, 5) is 26.9. The summed E-state index contributed by atoms with van der Waals surface area (Å²) in [6.07, 6.45) is 4.10. The molecule has 0 radical (unpaired) electrons. The van der Waals surface area contributed by atoms with Crippen molar-refractivity contribution in [3.05, 3.63) is 12.2 Å². The highest BCUT2D eigenvalue weighted by molar-refractivity contribution is 5.87. The molecule has 0 aromatic carbocycles. The summed E-state index contributed by atoms with van der Waals surface area (Å²) in [6, 6.07) is 0. The fourth-order valence-electron chi connectivity index (χ4n) is 4.10. The highest BCUT2D eigenvalue weighted by Gasteiger charge is 2.55. The van der Waals surface area contributed by atoms with E-state index in [4.69, 9.17) is 4.74 Å². The van der Waals surface area contributed by atoms with Crippen molar-refractivity contribution in [1.29, 1.82) is 0 Å². The summed E-state index contributed by atoms with van der Waals surface area (Å²) >= 11 is 0. The van der Waals surface area contributed by atoms with Crippen molar-refractivity contribution < 1.29 is 14.3 Å². The maximum Gasteiger partial charge on any atom is 0.254 e. The molecule has 25 heavy (non-hydrogen) atoms. The number of likely N-dealkylation sites (tertiary alicyclic amines) is 1. The second-order valence-corrected chi connectivity index (χ2v) is 7.85. The van der Waals surface area contributed by atoms with Crippen LogP contribution >= 0.6 is 0 Å². The van der Waals surface area contributed by atoms with Crippen LogP contribution in [0.5, 0.6) is 0 Å². The Morgan fingerprint density at radius 3 is 2.96 bits per heavy atom. The number of ether oxygens (including phenoxy) is 1. The van der Waals surface area contributed by atoms with Crippen LogP contribution in [0.2, 0.25) is 0 Å². The average Bonchev–Trinajstić information content (AvgIpc) is 3.15. The van der Waals surface area contributed by atoms with Gasteiger partial charge in [0.25, 0.3) is 5.91 Å². The second kappa shape index (κ2) is 5.52. The molecule has 1 aromatic heterocycles. The average molecular weight is 347 g/mol. The number of carbonyl (C=O) groups excluding carboxylic acids is 2. The summed E-state index contributed by atoms with van der Waals surface area (Å²) in [5, 5.41) is 11.1. The standard InChI is InChI=1S/C17H25N5O3/c1-4-21-10-18-20-13(21)11-8-12(11)14(23)22-7-5-6-17(9-22)19-15(24)16(2,3)25-17/h10-12H,4-9H2,1-3H3,(H,19,24). The zero-order valence-electron chi connectivity index (χ0n) is 15.0. The molecule has 1 spiro atoms. The highest BCUT2D eigenvalue weighted by Crippen LogP contribution is 2.48. The van der Waals surface area contributed by atoms with Crippen molar-refractivity contribution in [3.8, 4) is 0 Å². The third kappa shape index (κ3) is 2.72. The summed E-state index contributed by atoms with van der Waals surface area (Å²) in [5.74, 6) is 1.05. The van der Waals surface area contributed by atoms with Crippen LogP contribution in [0.4, 0.5) is 0 Å². The van der Waals surface area contributed by atoms with Crippen LogP contribution in [-0.4, -0.2) is 55.9 Å². The van der Waals surface area contributed by atoms with E-state index in [0.29, 0.717) is 13.1 Å². The Bertz CT molecular complexity index is 715. The number of hydrogen-bond donors (Lipinski definition) is 1. The van der Waals surface area contributed by atoms with Crippen LogP contribution < -0.4 is 5.32 Å². The van der Waals surface area contributed by atoms with Gasteiger partial charge in [-0.15, -0.1) is 10.2 Å². The van der Waals surface area contributed by atoms with Crippen LogP contribution in [0.15, 0.2) is 6.33 Å². The molecule has 8 heteroatoms. The third-order valence-corrected chi connectivity index (χ3v) is 5.53. The molecular weight excluding hydrogens is 322 g/mol. The largest absolute Gasteiger partial charge is 0.338 e. The minimum Gasteiger partial charge on any atom is -0.338 e. The number of aromatic nitrogens is 3. The van der Waals surface area contributed by atoms with E-state index in [1.54, 1.807) is 20.2 Å². The van der Waals surface area contributed by atoms with Gasteiger partial charge in [-0.3, -0.25) is 9.59 Å². The molecule has 1 saturated carbocycles. The Hall–Kier alpha value is -1.96. The van der Waals surface area contributed by atoms with Gasteiger partial charge in [0.15, 0.2) is 5.72 Å².